The van der Waals surface area contributed by atoms with Gasteiger partial charge in [-0.3, -0.25) is 4.68 Å². The van der Waals surface area contributed by atoms with Crippen molar-refractivity contribution in [3.63, 3.8) is 0 Å². The number of hydrogen-bond acceptors (Lipinski definition) is 3. The molecule has 0 spiro atoms. The molecule has 5 heteroatoms. The van der Waals surface area contributed by atoms with Gasteiger partial charge in [-0.2, -0.15) is 5.10 Å². The fourth-order valence-electron chi connectivity index (χ4n) is 3.16. The molecule has 1 unspecified atom stereocenters. The predicted octanol–water partition coefficient (Wildman–Crippen LogP) is 2.41. The Morgan fingerprint density at radius 2 is 2.18 bits per heavy atom. The molecular weight excluding hydrogens is 276 g/mol. The van der Waals surface area contributed by atoms with Crippen molar-refractivity contribution in [2.24, 2.45) is 7.05 Å². The van der Waals surface area contributed by atoms with Gasteiger partial charge in [0.15, 0.2) is 0 Å². The molecule has 0 aliphatic carbocycles. The quantitative estimate of drug-likeness (QED) is 0.789. The van der Waals surface area contributed by atoms with Crippen LogP contribution >= 0.6 is 0 Å². The lowest BCUT2D eigenvalue weighted by Crippen LogP contribution is -2.21. The van der Waals surface area contributed by atoms with E-state index in [0.717, 1.165) is 18.1 Å². The maximum atomic E-state index is 5.36. The van der Waals surface area contributed by atoms with E-state index < -0.39 is 0 Å². The number of methoxy groups -OCH3 is 1. The van der Waals surface area contributed by atoms with Crippen molar-refractivity contribution < 1.29 is 4.74 Å². The molecule has 0 bridgehead atoms. The average Bonchev–Trinajstić information content (AvgIpc) is 3.11. The van der Waals surface area contributed by atoms with Gasteiger partial charge in [-0.05, 0) is 29.8 Å². The lowest BCUT2D eigenvalue weighted by atomic mass is 10.0. The van der Waals surface area contributed by atoms with E-state index in [4.69, 9.17) is 4.74 Å². The zero-order chi connectivity index (χ0) is 15.1. The zero-order valence-corrected chi connectivity index (χ0v) is 12.7. The van der Waals surface area contributed by atoms with Crippen LogP contribution in [-0.2, 0) is 13.6 Å². The molecule has 0 saturated carbocycles. The number of fused-ring (bicyclic) bond motifs is 3. The molecule has 2 aromatic heterocycles. The van der Waals surface area contributed by atoms with Crippen molar-refractivity contribution in [3.8, 4) is 11.6 Å². The van der Waals surface area contributed by atoms with Crippen molar-refractivity contribution in [3.05, 3.63) is 65.6 Å². The number of hydrogen-bond donors (Lipinski definition) is 1. The molecule has 112 valence electrons. The fourth-order valence-corrected chi connectivity index (χ4v) is 3.16. The van der Waals surface area contributed by atoms with Crippen molar-refractivity contribution in [1.29, 1.82) is 0 Å². The molecule has 5 nitrogen and oxygen atoms in total. The average molecular weight is 294 g/mol. The first-order valence-electron chi connectivity index (χ1n) is 7.34. The Bertz CT molecular complexity index is 818. The summed E-state index contributed by atoms with van der Waals surface area (Å²) in [5.41, 5.74) is 3.60. The summed E-state index contributed by atoms with van der Waals surface area (Å²) in [6, 6.07) is 12.6. The summed E-state index contributed by atoms with van der Waals surface area (Å²) >= 11 is 0. The van der Waals surface area contributed by atoms with Gasteiger partial charge in [0.25, 0.3) is 0 Å². The summed E-state index contributed by atoms with van der Waals surface area (Å²) in [6.07, 6.45) is 4.02. The minimum Gasteiger partial charge on any atom is -0.497 e. The van der Waals surface area contributed by atoms with E-state index in [0.29, 0.717) is 0 Å². The van der Waals surface area contributed by atoms with E-state index >= 15 is 0 Å². The Kier molecular flexibility index (Phi) is 3.01. The van der Waals surface area contributed by atoms with Crippen LogP contribution in [0.5, 0.6) is 5.75 Å². The predicted molar refractivity (Wildman–Crippen MR) is 84.2 cm³/mol. The number of aromatic nitrogens is 3. The molecule has 0 radical (unpaired) electrons. The number of rotatable bonds is 2. The third-order valence-electron chi connectivity index (χ3n) is 4.21. The summed E-state index contributed by atoms with van der Waals surface area (Å²) in [4.78, 5) is 0. The molecular formula is C17H18N4O. The molecule has 0 saturated heterocycles. The second kappa shape index (κ2) is 5.03. The normalized spacial score (nSPS) is 16.7. The van der Waals surface area contributed by atoms with Gasteiger partial charge in [0, 0.05) is 31.0 Å². The summed E-state index contributed by atoms with van der Waals surface area (Å²) in [5, 5.41) is 8.01. The fraction of sp³-hybridized carbons (Fsp3) is 0.235. The third-order valence-corrected chi connectivity index (χ3v) is 4.21. The van der Waals surface area contributed by atoms with Gasteiger partial charge in [0.05, 0.1) is 19.3 Å². The third kappa shape index (κ3) is 1.94. The monoisotopic (exact) mass is 294 g/mol. The van der Waals surface area contributed by atoms with Gasteiger partial charge in [0.1, 0.15) is 11.6 Å². The van der Waals surface area contributed by atoms with Crippen molar-refractivity contribution >= 4 is 0 Å². The molecule has 1 atom stereocenters. The molecule has 0 amide bonds. The van der Waals surface area contributed by atoms with Crippen molar-refractivity contribution in [1.82, 2.24) is 19.7 Å². The van der Waals surface area contributed by atoms with Gasteiger partial charge in [-0.1, -0.05) is 12.1 Å². The van der Waals surface area contributed by atoms with Crippen LogP contribution in [0.4, 0.5) is 0 Å². The van der Waals surface area contributed by atoms with Gasteiger partial charge < -0.3 is 14.6 Å². The van der Waals surface area contributed by atoms with E-state index in [-0.39, 0.29) is 6.04 Å². The van der Waals surface area contributed by atoms with Crippen LogP contribution in [-0.4, -0.2) is 21.5 Å². The van der Waals surface area contributed by atoms with E-state index in [9.17, 15) is 0 Å². The van der Waals surface area contributed by atoms with E-state index in [1.54, 1.807) is 7.11 Å². The molecule has 3 aromatic rings. The number of nitrogens with one attached hydrogen (secondary N) is 1. The molecule has 4 rings (SSSR count). The molecule has 1 N–H and O–H groups in total. The lowest BCUT2D eigenvalue weighted by Gasteiger charge is -2.19. The summed E-state index contributed by atoms with van der Waals surface area (Å²) in [6.45, 7) is 0.784. The SMILES string of the molecule is COc1cccc(C2NCc3cnn(C)c3-n3cccc32)c1. The maximum Gasteiger partial charge on any atom is 0.139 e. The molecule has 1 aromatic carbocycles. The Morgan fingerprint density at radius 1 is 1.27 bits per heavy atom. The molecule has 3 heterocycles. The maximum absolute atomic E-state index is 5.36. The van der Waals surface area contributed by atoms with Crippen molar-refractivity contribution in [2.75, 3.05) is 7.11 Å². The summed E-state index contributed by atoms with van der Waals surface area (Å²) in [5.74, 6) is 2.00. The van der Waals surface area contributed by atoms with Gasteiger partial charge in [-0.25, -0.2) is 0 Å². The highest BCUT2D eigenvalue weighted by Crippen LogP contribution is 2.31. The Hall–Kier alpha value is -2.53. The summed E-state index contributed by atoms with van der Waals surface area (Å²) in [7, 11) is 3.68. The topological polar surface area (TPSA) is 44.0 Å². The van der Waals surface area contributed by atoms with E-state index in [1.165, 1.54) is 16.8 Å². The van der Waals surface area contributed by atoms with Crippen LogP contribution < -0.4 is 10.1 Å². The van der Waals surface area contributed by atoms with Crippen LogP contribution in [0.1, 0.15) is 22.9 Å². The van der Waals surface area contributed by atoms with Gasteiger partial charge in [0.2, 0.25) is 0 Å². The van der Waals surface area contributed by atoms with Crippen molar-refractivity contribution in [2.45, 2.75) is 12.6 Å². The number of aryl methyl sites for hydroxylation is 1. The minimum absolute atomic E-state index is 0.123. The van der Waals surface area contributed by atoms with Crippen LogP contribution in [0.2, 0.25) is 0 Å². The minimum atomic E-state index is 0.123. The zero-order valence-electron chi connectivity index (χ0n) is 12.7. The molecule has 0 fully saturated rings. The Balaban J connectivity index is 1.85. The first-order chi connectivity index (χ1) is 10.8. The van der Waals surface area contributed by atoms with Crippen LogP contribution in [0.25, 0.3) is 5.82 Å². The summed E-state index contributed by atoms with van der Waals surface area (Å²) < 4.78 is 9.50. The standard InChI is InChI=1S/C17H18N4O/c1-20-17-13(11-19-20)10-18-16(15-7-4-8-21(15)17)12-5-3-6-14(9-12)22-2/h3-9,11,16,18H,10H2,1-2H3. The molecule has 1 aliphatic rings. The first kappa shape index (κ1) is 13.2. The highest BCUT2D eigenvalue weighted by Gasteiger charge is 2.25. The van der Waals surface area contributed by atoms with E-state index in [1.807, 2.05) is 30.1 Å². The highest BCUT2D eigenvalue weighted by atomic mass is 16.5. The second-order valence-electron chi connectivity index (χ2n) is 5.51. The van der Waals surface area contributed by atoms with Crippen LogP contribution in [0.3, 0.4) is 0 Å². The lowest BCUT2D eigenvalue weighted by molar-refractivity contribution is 0.413. The molecule has 1 aliphatic heterocycles. The van der Waals surface area contributed by atoms with Crippen LogP contribution in [0.15, 0.2) is 48.8 Å². The van der Waals surface area contributed by atoms with Gasteiger partial charge >= 0.3 is 0 Å². The number of benzene rings is 1. The number of nitrogens with zero attached hydrogens (tertiary/aromatic N) is 3. The largest absolute Gasteiger partial charge is 0.497 e. The highest BCUT2D eigenvalue weighted by molar-refractivity contribution is 5.43. The van der Waals surface area contributed by atoms with Gasteiger partial charge in [-0.15, -0.1) is 0 Å². The smallest absolute Gasteiger partial charge is 0.139 e. The number of ether oxygens (including phenoxy) is 1. The Morgan fingerprint density at radius 3 is 3.05 bits per heavy atom. The first-order valence-corrected chi connectivity index (χ1v) is 7.34. The molecule has 22 heavy (non-hydrogen) atoms. The van der Waals surface area contributed by atoms with E-state index in [2.05, 4.69) is 45.4 Å². The Labute approximate surface area is 129 Å². The van der Waals surface area contributed by atoms with Crippen LogP contribution in [0, 0.1) is 0 Å². The second-order valence-corrected chi connectivity index (χ2v) is 5.51.